The fourth-order valence-electron chi connectivity index (χ4n) is 3.19. The summed E-state index contributed by atoms with van der Waals surface area (Å²) in [4.78, 5) is 38.3. The molecule has 0 unspecified atom stereocenters. The van der Waals surface area contributed by atoms with Gasteiger partial charge in [-0.1, -0.05) is 25.8 Å². The van der Waals surface area contributed by atoms with Crippen LogP contribution in [0.5, 0.6) is 11.5 Å². The van der Waals surface area contributed by atoms with Crippen LogP contribution in [0.25, 0.3) is 0 Å². The van der Waals surface area contributed by atoms with E-state index in [0.29, 0.717) is 36.8 Å². The molecule has 1 aromatic rings. The molecule has 0 radical (unpaired) electrons. The SMILES string of the molecule is CCCCCNC(=O)CN1C(=O)N[C@@](C)(c2ccc3c(c2)OCCO3)C1=O. The third-order valence-electron chi connectivity index (χ3n) is 4.80. The Morgan fingerprint density at radius 1 is 1.22 bits per heavy atom. The van der Waals surface area contributed by atoms with Crippen LogP contribution in [0, 0.1) is 0 Å². The number of carbonyl (C=O) groups excluding carboxylic acids is 3. The largest absolute Gasteiger partial charge is 0.486 e. The van der Waals surface area contributed by atoms with Gasteiger partial charge in [0.1, 0.15) is 25.3 Å². The number of amides is 4. The van der Waals surface area contributed by atoms with Crippen LogP contribution >= 0.6 is 0 Å². The van der Waals surface area contributed by atoms with E-state index in [0.717, 1.165) is 24.2 Å². The van der Waals surface area contributed by atoms with Crippen molar-refractivity contribution in [3.05, 3.63) is 23.8 Å². The summed E-state index contributed by atoms with van der Waals surface area (Å²) < 4.78 is 11.0. The monoisotopic (exact) mass is 375 g/mol. The van der Waals surface area contributed by atoms with Crippen molar-refractivity contribution >= 4 is 17.8 Å². The van der Waals surface area contributed by atoms with Crippen LogP contribution < -0.4 is 20.1 Å². The molecule has 1 atom stereocenters. The smallest absolute Gasteiger partial charge is 0.325 e. The Kier molecular flexibility index (Phi) is 5.53. The number of nitrogens with one attached hydrogen (secondary N) is 2. The van der Waals surface area contributed by atoms with Crippen LogP contribution in [0.2, 0.25) is 0 Å². The zero-order chi connectivity index (χ0) is 19.4. The lowest BCUT2D eigenvalue weighted by Crippen LogP contribution is -2.43. The molecule has 0 saturated carbocycles. The number of nitrogens with zero attached hydrogens (tertiary/aromatic N) is 1. The lowest BCUT2D eigenvalue weighted by molar-refractivity contribution is -0.134. The second kappa shape index (κ2) is 7.85. The van der Waals surface area contributed by atoms with Gasteiger partial charge in [-0.2, -0.15) is 0 Å². The third-order valence-corrected chi connectivity index (χ3v) is 4.80. The van der Waals surface area contributed by atoms with Gasteiger partial charge >= 0.3 is 6.03 Å². The highest BCUT2D eigenvalue weighted by atomic mass is 16.6. The van der Waals surface area contributed by atoms with Gasteiger partial charge in [0.2, 0.25) is 5.91 Å². The van der Waals surface area contributed by atoms with Gasteiger partial charge in [-0.15, -0.1) is 0 Å². The fraction of sp³-hybridized carbons (Fsp3) is 0.526. The molecule has 0 bridgehead atoms. The van der Waals surface area contributed by atoms with E-state index in [1.54, 1.807) is 25.1 Å². The molecular weight excluding hydrogens is 350 g/mol. The maximum absolute atomic E-state index is 12.9. The van der Waals surface area contributed by atoms with Gasteiger partial charge in [-0.25, -0.2) is 4.79 Å². The topological polar surface area (TPSA) is 97.0 Å². The molecule has 27 heavy (non-hydrogen) atoms. The van der Waals surface area contributed by atoms with Crippen LogP contribution in [0.4, 0.5) is 4.79 Å². The molecular formula is C19H25N3O5. The highest BCUT2D eigenvalue weighted by Crippen LogP contribution is 2.36. The van der Waals surface area contributed by atoms with Crippen molar-refractivity contribution in [2.45, 2.75) is 38.6 Å². The number of hydrogen-bond donors (Lipinski definition) is 2. The van der Waals surface area contributed by atoms with E-state index >= 15 is 0 Å². The lowest BCUT2D eigenvalue weighted by atomic mass is 9.91. The Balaban J connectivity index is 1.70. The van der Waals surface area contributed by atoms with Crippen molar-refractivity contribution in [1.82, 2.24) is 15.5 Å². The van der Waals surface area contributed by atoms with Gasteiger partial charge in [-0.05, 0) is 31.0 Å². The molecule has 3 rings (SSSR count). The number of ether oxygens (including phenoxy) is 2. The van der Waals surface area contributed by atoms with E-state index in [9.17, 15) is 14.4 Å². The number of hydrogen-bond acceptors (Lipinski definition) is 5. The number of rotatable bonds is 7. The first kappa shape index (κ1) is 19.0. The predicted octanol–water partition coefficient (Wildman–Crippen LogP) is 1.53. The highest BCUT2D eigenvalue weighted by molar-refractivity contribution is 6.09. The van der Waals surface area contributed by atoms with Gasteiger partial charge < -0.3 is 20.1 Å². The van der Waals surface area contributed by atoms with Crippen molar-refractivity contribution in [2.24, 2.45) is 0 Å². The van der Waals surface area contributed by atoms with Gasteiger partial charge in [-0.3, -0.25) is 14.5 Å². The summed E-state index contributed by atoms with van der Waals surface area (Å²) in [5.41, 5.74) is -0.675. The second-order valence-electron chi connectivity index (χ2n) is 6.86. The average molecular weight is 375 g/mol. The molecule has 2 heterocycles. The van der Waals surface area contributed by atoms with E-state index < -0.39 is 17.5 Å². The van der Waals surface area contributed by atoms with Crippen molar-refractivity contribution in [2.75, 3.05) is 26.3 Å². The van der Waals surface area contributed by atoms with Crippen LogP contribution in [0.15, 0.2) is 18.2 Å². The highest BCUT2D eigenvalue weighted by Gasteiger charge is 2.49. The summed E-state index contributed by atoms with van der Waals surface area (Å²) in [7, 11) is 0. The molecule has 2 aliphatic rings. The van der Waals surface area contributed by atoms with Gasteiger partial charge in [0, 0.05) is 6.54 Å². The van der Waals surface area contributed by atoms with Crippen molar-refractivity contribution in [3.8, 4) is 11.5 Å². The molecule has 8 heteroatoms. The van der Waals surface area contributed by atoms with Crippen LogP contribution in [0.3, 0.4) is 0 Å². The molecule has 2 N–H and O–H groups in total. The zero-order valence-electron chi connectivity index (χ0n) is 15.7. The molecule has 1 fully saturated rings. The minimum absolute atomic E-state index is 0.295. The number of imide groups is 1. The van der Waals surface area contributed by atoms with Crippen LogP contribution in [-0.2, 0) is 15.1 Å². The minimum atomic E-state index is -1.25. The third kappa shape index (κ3) is 3.84. The quantitative estimate of drug-likeness (QED) is 0.556. The first-order valence-electron chi connectivity index (χ1n) is 9.26. The molecule has 0 aliphatic carbocycles. The molecule has 0 aromatic heterocycles. The molecule has 0 spiro atoms. The summed E-state index contributed by atoms with van der Waals surface area (Å²) in [5.74, 6) is 0.330. The number of fused-ring (bicyclic) bond motifs is 1. The first-order chi connectivity index (χ1) is 13.0. The molecule has 146 valence electrons. The number of carbonyl (C=O) groups is 3. The molecule has 2 aliphatic heterocycles. The summed E-state index contributed by atoms with van der Waals surface area (Å²) >= 11 is 0. The zero-order valence-corrected chi connectivity index (χ0v) is 15.7. The van der Waals surface area contributed by atoms with Crippen LogP contribution in [-0.4, -0.2) is 49.0 Å². The Hall–Kier alpha value is -2.77. The molecule has 1 saturated heterocycles. The average Bonchev–Trinajstić information content (AvgIpc) is 2.89. The fourth-order valence-corrected chi connectivity index (χ4v) is 3.19. The minimum Gasteiger partial charge on any atom is -0.486 e. The van der Waals surface area contributed by atoms with E-state index in [4.69, 9.17) is 9.47 Å². The lowest BCUT2D eigenvalue weighted by Gasteiger charge is -2.25. The summed E-state index contributed by atoms with van der Waals surface area (Å²) in [5, 5.41) is 5.44. The van der Waals surface area contributed by atoms with Crippen LogP contribution in [0.1, 0.15) is 38.7 Å². The normalized spacial score (nSPS) is 21.2. The van der Waals surface area contributed by atoms with E-state index in [-0.39, 0.29) is 12.5 Å². The van der Waals surface area contributed by atoms with Crippen molar-refractivity contribution < 1.29 is 23.9 Å². The summed E-state index contributed by atoms with van der Waals surface area (Å²) in [6.07, 6.45) is 2.94. The Morgan fingerprint density at radius 2 is 1.96 bits per heavy atom. The maximum Gasteiger partial charge on any atom is 0.325 e. The summed E-state index contributed by atoms with van der Waals surface area (Å²) in [6, 6.07) is 4.56. The maximum atomic E-state index is 12.9. The predicted molar refractivity (Wildman–Crippen MR) is 97.6 cm³/mol. The Morgan fingerprint density at radius 3 is 2.70 bits per heavy atom. The molecule has 4 amide bonds. The van der Waals surface area contributed by atoms with E-state index in [2.05, 4.69) is 17.6 Å². The van der Waals surface area contributed by atoms with E-state index in [1.165, 1.54) is 0 Å². The number of urea groups is 1. The first-order valence-corrected chi connectivity index (χ1v) is 9.26. The molecule has 8 nitrogen and oxygen atoms in total. The second-order valence-corrected chi connectivity index (χ2v) is 6.86. The van der Waals surface area contributed by atoms with E-state index in [1.807, 2.05) is 0 Å². The number of unbranched alkanes of at least 4 members (excludes halogenated alkanes) is 2. The van der Waals surface area contributed by atoms with Crippen molar-refractivity contribution in [1.29, 1.82) is 0 Å². The molecule has 1 aromatic carbocycles. The summed E-state index contributed by atoms with van der Waals surface area (Å²) in [6.45, 7) is 4.84. The van der Waals surface area contributed by atoms with Gasteiger partial charge in [0.05, 0.1) is 0 Å². The van der Waals surface area contributed by atoms with Gasteiger partial charge in [0.15, 0.2) is 11.5 Å². The Labute approximate surface area is 158 Å². The van der Waals surface area contributed by atoms with Crippen molar-refractivity contribution in [3.63, 3.8) is 0 Å². The van der Waals surface area contributed by atoms with Gasteiger partial charge in [0.25, 0.3) is 5.91 Å². The Bertz CT molecular complexity index is 751. The standard InChI is InChI=1S/C19H25N3O5/c1-3-4-5-8-20-16(23)12-22-17(24)19(2,21-18(22)25)13-6-7-14-15(11-13)27-10-9-26-14/h6-7,11H,3-5,8-10,12H2,1-2H3,(H,20,23)(H,21,25)/t19-/m0/s1. The number of benzene rings is 1.